The average Bonchev–Trinajstić information content (AvgIpc) is 3.51. The van der Waals surface area contributed by atoms with E-state index in [9.17, 15) is 4.79 Å². The first-order valence-electron chi connectivity index (χ1n) is 10.5. The van der Waals surface area contributed by atoms with E-state index < -0.39 is 0 Å². The Morgan fingerprint density at radius 1 is 1.06 bits per heavy atom. The van der Waals surface area contributed by atoms with Gasteiger partial charge in [0, 0.05) is 33.9 Å². The maximum absolute atomic E-state index is 13.6. The summed E-state index contributed by atoms with van der Waals surface area (Å²) in [5.41, 5.74) is 5.40. The molecule has 1 aliphatic heterocycles. The number of rotatable bonds is 4. The van der Waals surface area contributed by atoms with E-state index >= 15 is 0 Å². The number of hydrogen-bond acceptors (Lipinski definition) is 5. The third-order valence-electron chi connectivity index (χ3n) is 5.79. The monoisotopic (exact) mass is 428 g/mol. The number of aromatic amines is 1. The van der Waals surface area contributed by atoms with Crippen LogP contribution in [0, 0.1) is 0 Å². The Labute approximate surface area is 186 Å². The molecule has 2 aromatic carbocycles. The van der Waals surface area contributed by atoms with Crippen molar-refractivity contribution < 1.29 is 14.1 Å². The molecule has 1 atom stereocenters. The Balaban J connectivity index is 1.68. The summed E-state index contributed by atoms with van der Waals surface area (Å²) in [5, 5.41) is 11.5. The first kappa shape index (κ1) is 20.1. The molecule has 0 bridgehead atoms. The Morgan fingerprint density at radius 3 is 2.47 bits per heavy atom. The summed E-state index contributed by atoms with van der Waals surface area (Å²) in [4.78, 5) is 15.4. The second-order valence-electron chi connectivity index (χ2n) is 8.86. The van der Waals surface area contributed by atoms with Gasteiger partial charge in [-0.05, 0) is 18.2 Å². The minimum Gasteiger partial charge on any atom is -0.496 e. The molecule has 32 heavy (non-hydrogen) atoms. The van der Waals surface area contributed by atoms with Crippen LogP contribution in [0.25, 0.3) is 11.3 Å². The van der Waals surface area contributed by atoms with E-state index in [4.69, 9.17) is 9.26 Å². The van der Waals surface area contributed by atoms with Crippen molar-refractivity contribution in [2.24, 2.45) is 0 Å². The summed E-state index contributed by atoms with van der Waals surface area (Å²) >= 11 is 0. The van der Waals surface area contributed by atoms with Gasteiger partial charge in [0.2, 0.25) is 0 Å². The van der Waals surface area contributed by atoms with E-state index in [2.05, 4.69) is 36.1 Å². The molecule has 2 aromatic heterocycles. The SMILES string of the molecule is COc1ccccc1[C@@H]1c2c(C(C)(C)C)n[nH]c2C(=O)N1c1ccc(-c2ccon2)cc1. The van der Waals surface area contributed by atoms with Crippen LogP contribution in [0.15, 0.2) is 65.4 Å². The quantitative estimate of drug-likeness (QED) is 0.488. The van der Waals surface area contributed by atoms with Crippen molar-refractivity contribution in [1.29, 1.82) is 0 Å². The highest BCUT2D eigenvalue weighted by atomic mass is 16.5. The van der Waals surface area contributed by atoms with Gasteiger partial charge in [0.1, 0.15) is 23.4 Å². The summed E-state index contributed by atoms with van der Waals surface area (Å²) in [6, 6.07) is 17.0. The molecule has 0 aliphatic carbocycles. The number of amides is 1. The fraction of sp³-hybridized carbons (Fsp3) is 0.240. The van der Waals surface area contributed by atoms with Gasteiger partial charge in [-0.3, -0.25) is 14.8 Å². The summed E-state index contributed by atoms with van der Waals surface area (Å²) in [6.45, 7) is 6.30. The normalized spacial score (nSPS) is 15.8. The molecule has 7 heteroatoms. The number of para-hydroxylation sites is 1. The predicted molar refractivity (Wildman–Crippen MR) is 121 cm³/mol. The lowest BCUT2D eigenvalue weighted by molar-refractivity contribution is 0.0988. The number of ether oxygens (including phenoxy) is 1. The van der Waals surface area contributed by atoms with Crippen molar-refractivity contribution in [1.82, 2.24) is 15.4 Å². The van der Waals surface area contributed by atoms with Gasteiger partial charge in [-0.1, -0.05) is 56.3 Å². The van der Waals surface area contributed by atoms with Crippen LogP contribution < -0.4 is 9.64 Å². The van der Waals surface area contributed by atoms with Gasteiger partial charge >= 0.3 is 0 Å². The predicted octanol–water partition coefficient (Wildman–Crippen LogP) is 5.12. The second kappa shape index (κ2) is 7.37. The van der Waals surface area contributed by atoms with E-state index in [1.54, 1.807) is 19.4 Å². The summed E-state index contributed by atoms with van der Waals surface area (Å²) < 4.78 is 10.6. The molecule has 4 aromatic rings. The van der Waals surface area contributed by atoms with E-state index in [-0.39, 0.29) is 17.4 Å². The molecule has 0 saturated heterocycles. The van der Waals surface area contributed by atoms with Gasteiger partial charge in [0.15, 0.2) is 0 Å². The fourth-order valence-corrected chi connectivity index (χ4v) is 4.33. The van der Waals surface area contributed by atoms with Crippen molar-refractivity contribution >= 4 is 11.6 Å². The number of benzene rings is 2. The number of nitrogens with one attached hydrogen (secondary N) is 1. The molecule has 0 fully saturated rings. The number of anilines is 1. The zero-order chi connectivity index (χ0) is 22.5. The van der Waals surface area contributed by atoms with Crippen LogP contribution in [-0.4, -0.2) is 28.4 Å². The number of methoxy groups -OCH3 is 1. The molecule has 3 heterocycles. The highest BCUT2D eigenvalue weighted by Gasteiger charge is 2.45. The molecule has 0 spiro atoms. The molecular formula is C25H24N4O3. The first-order valence-corrected chi connectivity index (χ1v) is 10.5. The molecule has 7 nitrogen and oxygen atoms in total. The Morgan fingerprint density at radius 2 is 1.81 bits per heavy atom. The molecular weight excluding hydrogens is 404 g/mol. The lowest BCUT2D eigenvalue weighted by Crippen LogP contribution is -2.30. The zero-order valence-electron chi connectivity index (χ0n) is 18.4. The average molecular weight is 428 g/mol. The van der Waals surface area contributed by atoms with Crippen LogP contribution >= 0.6 is 0 Å². The minimum absolute atomic E-state index is 0.118. The molecule has 162 valence electrons. The number of H-pyrrole nitrogens is 1. The van der Waals surface area contributed by atoms with Crippen LogP contribution in [0.2, 0.25) is 0 Å². The van der Waals surface area contributed by atoms with Gasteiger partial charge in [-0.25, -0.2) is 0 Å². The zero-order valence-corrected chi connectivity index (χ0v) is 18.4. The second-order valence-corrected chi connectivity index (χ2v) is 8.86. The van der Waals surface area contributed by atoms with Gasteiger partial charge in [0.05, 0.1) is 18.8 Å². The topological polar surface area (TPSA) is 84.2 Å². The molecule has 0 saturated carbocycles. The minimum atomic E-state index is -0.362. The maximum atomic E-state index is 13.6. The van der Waals surface area contributed by atoms with Gasteiger partial charge < -0.3 is 9.26 Å². The van der Waals surface area contributed by atoms with E-state index in [0.29, 0.717) is 5.69 Å². The molecule has 0 unspecified atom stereocenters. The third-order valence-corrected chi connectivity index (χ3v) is 5.79. The van der Waals surface area contributed by atoms with Crippen LogP contribution in [-0.2, 0) is 5.41 Å². The molecule has 1 N–H and O–H groups in total. The fourth-order valence-electron chi connectivity index (χ4n) is 4.33. The summed E-state index contributed by atoms with van der Waals surface area (Å²) in [7, 11) is 1.65. The number of carbonyl (C=O) groups excluding carboxylic acids is 1. The summed E-state index contributed by atoms with van der Waals surface area (Å²) in [5.74, 6) is 0.608. The largest absolute Gasteiger partial charge is 0.496 e. The van der Waals surface area contributed by atoms with Crippen LogP contribution in [0.4, 0.5) is 5.69 Å². The number of nitrogens with zero attached hydrogens (tertiary/aromatic N) is 3. The lowest BCUT2D eigenvalue weighted by atomic mass is 9.85. The third kappa shape index (κ3) is 3.09. The van der Waals surface area contributed by atoms with E-state index in [1.807, 2.05) is 53.4 Å². The van der Waals surface area contributed by atoms with Crippen molar-refractivity contribution in [2.45, 2.75) is 32.2 Å². The van der Waals surface area contributed by atoms with Crippen molar-refractivity contribution in [3.8, 4) is 17.0 Å². The smallest absolute Gasteiger partial charge is 0.277 e. The van der Waals surface area contributed by atoms with E-state index in [0.717, 1.165) is 39.5 Å². The molecule has 5 rings (SSSR count). The number of aromatic nitrogens is 3. The highest BCUT2D eigenvalue weighted by molar-refractivity contribution is 6.11. The highest BCUT2D eigenvalue weighted by Crippen LogP contribution is 2.47. The van der Waals surface area contributed by atoms with Crippen molar-refractivity contribution in [2.75, 3.05) is 12.0 Å². The maximum Gasteiger partial charge on any atom is 0.277 e. The van der Waals surface area contributed by atoms with Crippen molar-refractivity contribution in [3.05, 3.63) is 83.4 Å². The molecule has 0 radical (unpaired) electrons. The van der Waals surface area contributed by atoms with Crippen molar-refractivity contribution in [3.63, 3.8) is 0 Å². The first-order chi connectivity index (χ1) is 15.4. The molecule has 1 amide bonds. The lowest BCUT2D eigenvalue weighted by Gasteiger charge is -2.29. The number of fused-ring (bicyclic) bond motifs is 1. The molecule has 1 aliphatic rings. The van der Waals surface area contributed by atoms with Crippen LogP contribution in [0.5, 0.6) is 5.75 Å². The Bertz CT molecular complexity index is 1270. The van der Waals surface area contributed by atoms with Gasteiger partial charge in [0.25, 0.3) is 5.91 Å². The van der Waals surface area contributed by atoms with Gasteiger partial charge in [-0.2, -0.15) is 5.10 Å². The van der Waals surface area contributed by atoms with Crippen LogP contribution in [0.1, 0.15) is 54.1 Å². The standard InChI is InChI=1S/C25H24N4O3/c1-25(2,3)23-20-21(26-27-23)24(30)29(22(20)17-7-5-6-8-19(17)31-4)16-11-9-15(10-12-16)18-13-14-32-28-18/h5-14,22H,1-4H3,(H,26,27)/t22-/m1/s1. The summed E-state index contributed by atoms with van der Waals surface area (Å²) in [6.07, 6.45) is 1.54. The Kier molecular flexibility index (Phi) is 4.62. The van der Waals surface area contributed by atoms with Gasteiger partial charge in [-0.15, -0.1) is 0 Å². The van der Waals surface area contributed by atoms with Crippen LogP contribution in [0.3, 0.4) is 0 Å². The van der Waals surface area contributed by atoms with E-state index in [1.165, 1.54) is 0 Å². The Hall–Kier alpha value is -3.87. The number of hydrogen-bond donors (Lipinski definition) is 1. The number of carbonyl (C=O) groups is 1.